The minimum atomic E-state index is -0.655. The van der Waals surface area contributed by atoms with Crippen LogP contribution in [0.3, 0.4) is 0 Å². The smallest absolute Gasteiger partial charge is 0.361 e. The van der Waals surface area contributed by atoms with Gasteiger partial charge in [0, 0.05) is 6.20 Å². The lowest BCUT2D eigenvalue weighted by molar-refractivity contribution is 0.0520. The summed E-state index contributed by atoms with van der Waals surface area (Å²) < 4.78 is 6.20. The summed E-state index contributed by atoms with van der Waals surface area (Å²) >= 11 is 0. The van der Waals surface area contributed by atoms with Crippen molar-refractivity contribution in [2.75, 3.05) is 12.3 Å². The normalized spacial score (nSPS) is 10.2. The van der Waals surface area contributed by atoms with Gasteiger partial charge >= 0.3 is 5.97 Å². The van der Waals surface area contributed by atoms with E-state index in [-0.39, 0.29) is 23.7 Å². The lowest BCUT2D eigenvalue weighted by Crippen LogP contribution is -2.13. The van der Waals surface area contributed by atoms with Crippen LogP contribution in [0.2, 0.25) is 0 Å². The Labute approximate surface area is 114 Å². The number of hydrogen-bond donors (Lipinski definition) is 2. The van der Waals surface area contributed by atoms with Gasteiger partial charge < -0.3 is 16.2 Å². The second-order valence-corrected chi connectivity index (χ2v) is 3.86. The van der Waals surface area contributed by atoms with Gasteiger partial charge in [-0.3, -0.25) is 9.78 Å². The number of ether oxygens (including phenoxy) is 1. The first-order valence-corrected chi connectivity index (χ1v) is 5.81. The number of anilines is 1. The summed E-state index contributed by atoms with van der Waals surface area (Å²) in [6.45, 7) is 1.92. The molecule has 2 aromatic rings. The molecule has 0 radical (unpaired) electrons. The Morgan fingerprint density at radius 2 is 2.20 bits per heavy atom. The first-order valence-electron chi connectivity index (χ1n) is 5.81. The number of carbonyl (C=O) groups excluding carboxylic acids is 2. The molecule has 0 bridgehead atoms. The number of nitrogens with two attached hydrogens (primary N) is 2. The van der Waals surface area contributed by atoms with Crippen molar-refractivity contribution < 1.29 is 14.3 Å². The zero-order chi connectivity index (χ0) is 14.7. The van der Waals surface area contributed by atoms with Gasteiger partial charge in [0.2, 0.25) is 0 Å². The molecule has 0 aliphatic carbocycles. The Hall–Kier alpha value is -2.90. The Balaban J connectivity index is 2.39. The van der Waals surface area contributed by atoms with Crippen LogP contribution in [-0.4, -0.2) is 33.2 Å². The third-order valence-electron chi connectivity index (χ3n) is 2.47. The number of esters is 1. The van der Waals surface area contributed by atoms with E-state index < -0.39 is 11.9 Å². The zero-order valence-electron chi connectivity index (χ0n) is 10.7. The third kappa shape index (κ3) is 2.58. The molecule has 2 rings (SSSR count). The molecule has 2 aromatic heterocycles. The van der Waals surface area contributed by atoms with E-state index >= 15 is 0 Å². The highest BCUT2D eigenvalue weighted by atomic mass is 16.5. The molecule has 4 N–H and O–H groups in total. The monoisotopic (exact) mass is 275 g/mol. The fourth-order valence-electron chi connectivity index (χ4n) is 1.57. The van der Waals surface area contributed by atoms with Crippen molar-refractivity contribution >= 4 is 17.6 Å². The van der Waals surface area contributed by atoms with Crippen LogP contribution >= 0.6 is 0 Å². The summed E-state index contributed by atoms with van der Waals surface area (Å²) in [5.41, 5.74) is 11.7. The second kappa shape index (κ2) is 5.39. The maximum atomic E-state index is 11.6. The quantitative estimate of drug-likeness (QED) is 0.763. The predicted octanol–water partition coefficient (Wildman–Crippen LogP) is 0.125. The van der Waals surface area contributed by atoms with Crippen LogP contribution in [0.5, 0.6) is 0 Å². The largest absolute Gasteiger partial charge is 0.461 e. The molecule has 0 unspecified atom stereocenters. The molecule has 0 saturated heterocycles. The second-order valence-electron chi connectivity index (χ2n) is 3.86. The molecule has 104 valence electrons. The topological polar surface area (TPSA) is 126 Å². The number of rotatable bonds is 4. The SMILES string of the molecule is CCOC(=O)c1nn(-c2ccnc(C(N)=O)c2)cc1N. The standard InChI is InChI=1S/C12H13N5O3/c1-2-20-12(19)10-8(13)6-17(16-10)7-3-4-15-9(5-7)11(14)18/h3-6H,2,13H2,1H3,(H2,14,18). The van der Waals surface area contributed by atoms with E-state index in [4.69, 9.17) is 16.2 Å². The molecule has 0 spiro atoms. The van der Waals surface area contributed by atoms with Crippen LogP contribution < -0.4 is 11.5 Å². The van der Waals surface area contributed by atoms with Crippen LogP contribution in [0, 0.1) is 0 Å². The lowest BCUT2D eigenvalue weighted by Gasteiger charge is -2.02. The van der Waals surface area contributed by atoms with Crippen LogP contribution in [0.15, 0.2) is 24.5 Å². The number of nitrogens with zero attached hydrogens (tertiary/aromatic N) is 3. The molecule has 0 saturated carbocycles. The molecule has 1 amide bonds. The summed E-state index contributed by atoms with van der Waals surface area (Å²) in [6.07, 6.45) is 2.86. The molecular formula is C12H13N5O3. The van der Waals surface area contributed by atoms with E-state index in [0.717, 1.165) is 0 Å². The van der Waals surface area contributed by atoms with E-state index in [1.807, 2.05) is 0 Å². The van der Waals surface area contributed by atoms with Crippen molar-refractivity contribution in [2.24, 2.45) is 5.73 Å². The van der Waals surface area contributed by atoms with Gasteiger partial charge in [-0.15, -0.1) is 0 Å². The van der Waals surface area contributed by atoms with Gasteiger partial charge in [-0.2, -0.15) is 5.10 Å². The molecule has 0 aliphatic rings. The number of amides is 1. The molecule has 0 atom stereocenters. The Bertz CT molecular complexity index is 665. The summed E-state index contributed by atoms with van der Waals surface area (Å²) in [4.78, 5) is 26.5. The predicted molar refractivity (Wildman–Crippen MR) is 70.2 cm³/mol. The summed E-state index contributed by atoms with van der Waals surface area (Å²) in [7, 11) is 0. The molecule has 0 fully saturated rings. The van der Waals surface area contributed by atoms with Crippen molar-refractivity contribution in [1.82, 2.24) is 14.8 Å². The van der Waals surface area contributed by atoms with E-state index in [9.17, 15) is 9.59 Å². The van der Waals surface area contributed by atoms with Gasteiger partial charge in [0.05, 0.1) is 24.2 Å². The van der Waals surface area contributed by atoms with Crippen LogP contribution in [0.1, 0.15) is 27.9 Å². The van der Waals surface area contributed by atoms with E-state index in [1.54, 1.807) is 13.0 Å². The molecule has 0 aliphatic heterocycles. The summed E-state index contributed by atoms with van der Waals surface area (Å²) in [5.74, 6) is -1.26. The summed E-state index contributed by atoms with van der Waals surface area (Å²) in [5, 5.41) is 4.04. The van der Waals surface area contributed by atoms with Crippen molar-refractivity contribution in [3.05, 3.63) is 35.9 Å². The number of primary amides is 1. The highest BCUT2D eigenvalue weighted by molar-refractivity contribution is 5.93. The van der Waals surface area contributed by atoms with Crippen molar-refractivity contribution in [3.63, 3.8) is 0 Å². The van der Waals surface area contributed by atoms with Gasteiger partial charge in [0.15, 0.2) is 5.69 Å². The van der Waals surface area contributed by atoms with E-state index in [2.05, 4.69) is 10.1 Å². The van der Waals surface area contributed by atoms with Crippen LogP contribution in [0.25, 0.3) is 5.69 Å². The molecule has 8 heteroatoms. The maximum absolute atomic E-state index is 11.6. The number of nitrogen functional groups attached to an aromatic ring is 1. The highest BCUT2D eigenvalue weighted by Gasteiger charge is 2.17. The average molecular weight is 275 g/mol. The fourth-order valence-corrected chi connectivity index (χ4v) is 1.57. The van der Waals surface area contributed by atoms with Gasteiger partial charge in [0.1, 0.15) is 5.69 Å². The minimum Gasteiger partial charge on any atom is -0.461 e. The van der Waals surface area contributed by atoms with E-state index in [0.29, 0.717) is 5.69 Å². The molecule has 0 aromatic carbocycles. The Kier molecular flexibility index (Phi) is 3.65. The first-order chi connectivity index (χ1) is 9.52. The van der Waals surface area contributed by atoms with Gasteiger partial charge in [-0.25, -0.2) is 9.48 Å². The number of hydrogen-bond acceptors (Lipinski definition) is 6. The molecule has 20 heavy (non-hydrogen) atoms. The van der Waals surface area contributed by atoms with Crippen LogP contribution in [0.4, 0.5) is 5.69 Å². The van der Waals surface area contributed by atoms with Crippen LogP contribution in [-0.2, 0) is 4.74 Å². The van der Waals surface area contributed by atoms with E-state index in [1.165, 1.54) is 23.1 Å². The fraction of sp³-hybridized carbons (Fsp3) is 0.167. The average Bonchev–Trinajstić information content (AvgIpc) is 2.81. The first kappa shape index (κ1) is 13.5. The molecule has 2 heterocycles. The Morgan fingerprint density at radius 3 is 2.85 bits per heavy atom. The van der Waals surface area contributed by atoms with Crippen molar-refractivity contribution in [1.29, 1.82) is 0 Å². The zero-order valence-corrected chi connectivity index (χ0v) is 10.7. The molecular weight excluding hydrogens is 262 g/mol. The Morgan fingerprint density at radius 1 is 1.45 bits per heavy atom. The number of carbonyl (C=O) groups is 2. The minimum absolute atomic E-state index is 0.0179. The molecule has 8 nitrogen and oxygen atoms in total. The lowest BCUT2D eigenvalue weighted by atomic mass is 10.3. The number of pyridine rings is 1. The van der Waals surface area contributed by atoms with Gasteiger partial charge in [-0.05, 0) is 19.1 Å². The third-order valence-corrected chi connectivity index (χ3v) is 2.47. The maximum Gasteiger partial charge on any atom is 0.361 e. The van der Waals surface area contributed by atoms with Gasteiger partial charge in [-0.1, -0.05) is 0 Å². The van der Waals surface area contributed by atoms with Crippen molar-refractivity contribution in [3.8, 4) is 5.69 Å². The van der Waals surface area contributed by atoms with Gasteiger partial charge in [0.25, 0.3) is 5.91 Å². The highest BCUT2D eigenvalue weighted by Crippen LogP contribution is 2.15. The summed E-state index contributed by atoms with van der Waals surface area (Å²) in [6, 6.07) is 3.05. The number of aromatic nitrogens is 3. The van der Waals surface area contributed by atoms with Crippen molar-refractivity contribution in [2.45, 2.75) is 6.92 Å².